The van der Waals surface area contributed by atoms with E-state index in [1.165, 1.54) is 21.9 Å². The third kappa shape index (κ3) is 4.94. The third-order valence-corrected chi connectivity index (χ3v) is 7.88. The van der Waals surface area contributed by atoms with Crippen LogP contribution in [0.4, 0.5) is 10.9 Å². The summed E-state index contributed by atoms with van der Waals surface area (Å²) in [6.07, 6.45) is 4.78. The topological polar surface area (TPSA) is 93.0 Å². The summed E-state index contributed by atoms with van der Waals surface area (Å²) >= 11 is 13.9. The summed E-state index contributed by atoms with van der Waals surface area (Å²) in [5.74, 6) is 0.684. The van der Waals surface area contributed by atoms with E-state index < -0.39 is 10.0 Å². The Hall–Kier alpha value is -1.72. The molecule has 1 aliphatic rings. The van der Waals surface area contributed by atoms with E-state index in [1.807, 2.05) is 12.3 Å². The molecule has 160 valence electrons. The second-order valence-corrected chi connectivity index (χ2v) is 10.9. The maximum Gasteiger partial charge on any atom is 0.211 e. The maximum atomic E-state index is 11.8. The standard InChI is InChI=1S/C18H20Cl2N6O2S2/c1-30(27,28)26-8-3-4-12(10-26)17-22-23-18(29-17)21-16-7-9-25(24-16)11-13-14(19)5-2-6-15(13)20/h2,5-7,9,12H,3-4,8,10-11H2,1H3,(H,21,23,24)/t12-/m0/s1. The summed E-state index contributed by atoms with van der Waals surface area (Å²) < 4.78 is 26.9. The molecule has 2 aromatic heterocycles. The molecular weight excluding hydrogens is 467 g/mol. The van der Waals surface area contributed by atoms with E-state index in [0.29, 0.717) is 40.6 Å². The monoisotopic (exact) mass is 486 g/mol. The van der Waals surface area contributed by atoms with Gasteiger partial charge in [-0.25, -0.2) is 12.7 Å². The van der Waals surface area contributed by atoms with Crippen molar-refractivity contribution in [3.05, 3.63) is 51.1 Å². The molecule has 1 saturated heterocycles. The minimum Gasteiger partial charge on any atom is -0.313 e. The molecule has 0 radical (unpaired) electrons. The highest BCUT2D eigenvalue weighted by Gasteiger charge is 2.29. The van der Waals surface area contributed by atoms with E-state index in [1.54, 1.807) is 22.9 Å². The smallest absolute Gasteiger partial charge is 0.211 e. The van der Waals surface area contributed by atoms with Gasteiger partial charge < -0.3 is 5.32 Å². The Labute approximate surface area is 188 Å². The normalized spacial score (nSPS) is 17.9. The van der Waals surface area contributed by atoms with Crippen LogP contribution >= 0.6 is 34.5 Å². The van der Waals surface area contributed by atoms with Crippen LogP contribution < -0.4 is 5.32 Å². The molecule has 0 bridgehead atoms. The molecule has 0 aliphatic carbocycles. The third-order valence-electron chi connectivity index (χ3n) is 4.90. The summed E-state index contributed by atoms with van der Waals surface area (Å²) in [6.45, 7) is 1.46. The molecular formula is C18H20Cl2N6O2S2. The molecule has 1 N–H and O–H groups in total. The van der Waals surface area contributed by atoms with Crippen LogP contribution in [0.1, 0.15) is 29.3 Å². The molecule has 0 amide bonds. The number of hydrogen-bond donors (Lipinski definition) is 1. The molecule has 1 fully saturated rings. The number of aromatic nitrogens is 4. The number of halogens is 2. The predicted octanol–water partition coefficient (Wildman–Crippen LogP) is 3.97. The molecule has 3 heterocycles. The predicted molar refractivity (Wildman–Crippen MR) is 119 cm³/mol. The number of nitrogens with zero attached hydrogens (tertiary/aromatic N) is 5. The van der Waals surface area contributed by atoms with Crippen molar-refractivity contribution in [2.45, 2.75) is 25.3 Å². The van der Waals surface area contributed by atoms with Crippen molar-refractivity contribution in [2.75, 3.05) is 24.7 Å². The first-order valence-corrected chi connectivity index (χ1v) is 12.7. The van der Waals surface area contributed by atoms with Crippen LogP contribution in [0.25, 0.3) is 0 Å². The fraction of sp³-hybridized carbons (Fsp3) is 0.389. The number of nitrogens with one attached hydrogen (secondary N) is 1. The van der Waals surface area contributed by atoms with E-state index in [0.717, 1.165) is 23.4 Å². The van der Waals surface area contributed by atoms with Gasteiger partial charge in [0.25, 0.3) is 0 Å². The zero-order chi connectivity index (χ0) is 21.3. The van der Waals surface area contributed by atoms with Gasteiger partial charge in [0, 0.05) is 46.9 Å². The fourth-order valence-electron chi connectivity index (χ4n) is 3.37. The zero-order valence-electron chi connectivity index (χ0n) is 16.1. The Balaban J connectivity index is 1.42. The Bertz CT molecular complexity index is 1130. The van der Waals surface area contributed by atoms with Crippen molar-refractivity contribution in [3.63, 3.8) is 0 Å². The lowest BCUT2D eigenvalue weighted by Gasteiger charge is -2.29. The molecule has 1 aliphatic heterocycles. The first kappa shape index (κ1) is 21.5. The number of sulfonamides is 1. The van der Waals surface area contributed by atoms with Crippen LogP contribution in [0.2, 0.25) is 10.0 Å². The van der Waals surface area contributed by atoms with Gasteiger partial charge in [-0.2, -0.15) is 5.10 Å². The minimum absolute atomic E-state index is 0.0569. The first-order chi connectivity index (χ1) is 14.3. The van der Waals surface area contributed by atoms with Crippen molar-refractivity contribution >= 4 is 55.5 Å². The van der Waals surface area contributed by atoms with E-state index in [-0.39, 0.29) is 5.92 Å². The maximum absolute atomic E-state index is 11.8. The summed E-state index contributed by atoms with van der Waals surface area (Å²) in [4.78, 5) is 0. The van der Waals surface area contributed by atoms with Gasteiger partial charge in [0.15, 0.2) is 5.82 Å². The van der Waals surface area contributed by atoms with Crippen molar-refractivity contribution < 1.29 is 8.42 Å². The van der Waals surface area contributed by atoms with Gasteiger partial charge in [-0.3, -0.25) is 4.68 Å². The highest BCUT2D eigenvalue weighted by atomic mass is 35.5. The van der Waals surface area contributed by atoms with Crippen molar-refractivity contribution in [1.82, 2.24) is 24.3 Å². The second-order valence-electron chi connectivity index (χ2n) is 7.13. The van der Waals surface area contributed by atoms with Gasteiger partial charge in [-0.15, -0.1) is 10.2 Å². The summed E-state index contributed by atoms with van der Waals surface area (Å²) in [6, 6.07) is 7.23. The Morgan fingerprint density at radius 1 is 1.23 bits per heavy atom. The van der Waals surface area contributed by atoms with Crippen molar-refractivity contribution in [3.8, 4) is 0 Å². The highest BCUT2D eigenvalue weighted by molar-refractivity contribution is 7.88. The van der Waals surface area contributed by atoms with Gasteiger partial charge in [0.05, 0.1) is 12.8 Å². The largest absolute Gasteiger partial charge is 0.313 e. The van der Waals surface area contributed by atoms with E-state index in [4.69, 9.17) is 23.2 Å². The van der Waals surface area contributed by atoms with Gasteiger partial charge in [0.1, 0.15) is 5.01 Å². The Kier molecular flexibility index (Phi) is 6.31. The molecule has 12 heteroatoms. The Morgan fingerprint density at radius 3 is 2.73 bits per heavy atom. The first-order valence-electron chi connectivity index (χ1n) is 9.31. The molecule has 0 unspecified atom stereocenters. The minimum atomic E-state index is -3.20. The summed E-state index contributed by atoms with van der Waals surface area (Å²) in [5.41, 5.74) is 0.807. The quantitative estimate of drug-likeness (QED) is 0.566. The van der Waals surface area contributed by atoms with Crippen LogP contribution in [-0.4, -0.2) is 52.0 Å². The summed E-state index contributed by atoms with van der Waals surface area (Å²) in [5, 5.41) is 18.7. The number of rotatable bonds is 6. The van der Waals surface area contributed by atoms with Crippen LogP contribution in [0, 0.1) is 0 Å². The van der Waals surface area contributed by atoms with Crippen LogP contribution in [-0.2, 0) is 16.6 Å². The number of hydrogen-bond acceptors (Lipinski definition) is 7. The molecule has 8 nitrogen and oxygen atoms in total. The van der Waals surface area contributed by atoms with Gasteiger partial charge in [-0.05, 0) is 25.0 Å². The van der Waals surface area contributed by atoms with Gasteiger partial charge in [0.2, 0.25) is 15.2 Å². The molecule has 1 atom stereocenters. The fourth-order valence-corrected chi connectivity index (χ4v) is 5.67. The van der Waals surface area contributed by atoms with E-state index >= 15 is 0 Å². The highest BCUT2D eigenvalue weighted by Crippen LogP contribution is 2.32. The molecule has 4 rings (SSSR count). The average Bonchev–Trinajstić information content (AvgIpc) is 3.34. The lowest BCUT2D eigenvalue weighted by Crippen LogP contribution is -2.38. The van der Waals surface area contributed by atoms with Gasteiger partial charge in [-0.1, -0.05) is 40.6 Å². The molecule has 0 saturated carbocycles. The SMILES string of the molecule is CS(=O)(=O)N1CCC[C@H](c2nnc(Nc3ccn(Cc4c(Cl)cccc4Cl)n3)s2)C1. The summed E-state index contributed by atoms with van der Waals surface area (Å²) in [7, 11) is -3.20. The molecule has 0 spiro atoms. The van der Waals surface area contributed by atoms with E-state index in [2.05, 4.69) is 20.6 Å². The molecule has 30 heavy (non-hydrogen) atoms. The molecule has 1 aromatic carbocycles. The van der Waals surface area contributed by atoms with Crippen LogP contribution in [0.3, 0.4) is 0 Å². The van der Waals surface area contributed by atoms with E-state index in [9.17, 15) is 8.42 Å². The number of benzene rings is 1. The lowest BCUT2D eigenvalue weighted by atomic mass is 10.0. The van der Waals surface area contributed by atoms with Crippen LogP contribution in [0.5, 0.6) is 0 Å². The lowest BCUT2D eigenvalue weighted by molar-refractivity contribution is 0.316. The van der Waals surface area contributed by atoms with Gasteiger partial charge >= 0.3 is 0 Å². The molecule has 3 aromatic rings. The van der Waals surface area contributed by atoms with Crippen LogP contribution in [0.15, 0.2) is 30.5 Å². The zero-order valence-corrected chi connectivity index (χ0v) is 19.3. The average molecular weight is 487 g/mol. The van der Waals surface area contributed by atoms with Crippen molar-refractivity contribution in [1.29, 1.82) is 0 Å². The second kappa shape index (κ2) is 8.80. The van der Waals surface area contributed by atoms with Crippen molar-refractivity contribution in [2.24, 2.45) is 0 Å². The number of piperidine rings is 1. The number of anilines is 2. The Morgan fingerprint density at radius 2 is 2.00 bits per heavy atom.